The lowest BCUT2D eigenvalue weighted by molar-refractivity contribution is -0.126. The van der Waals surface area contributed by atoms with Gasteiger partial charge in [-0.05, 0) is 41.8 Å². The average Bonchev–Trinajstić information content (AvgIpc) is 3.31. The first kappa shape index (κ1) is 21.0. The van der Waals surface area contributed by atoms with E-state index in [2.05, 4.69) is 6.92 Å². The summed E-state index contributed by atoms with van der Waals surface area (Å²) >= 11 is 12.7. The third kappa shape index (κ3) is 3.28. The molecule has 0 aliphatic carbocycles. The Morgan fingerprint density at radius 3 is 2.12 bits per heavy atom. The molecule has 3 aromatic carbocycles. The van der Waals surface area contributed by atoms with Crippen molar-refractivity contribution in [3.05, 3.63) is 94.0 Å². The van der Waals surface area contributed by atoms with Crippen molar-refractivity contribution in [3.63, 3.8) is 0 Å². The van der Waals surface area contributed by atoms with Gasteiger partial charge in [-0.2, -0.15) is 0 Å². The molecular formula is C25H20Cl2N2O3. The monoisotopic (exact) mass is 466 g/mol. The molecule has 5 nitrogen and oxygen atoms in total. The van der Waals surface area contributed by atoms with Crippen molar-refractivity contribution in [3.8, 4) is 0 Å². The minimum atomic E-state index is -0.967. The summed E-state index contributed by atoms with van der Waals surface area (Å²) in [7, 11) is 0. The molecule has 2 aliphatic heterocycles. The predicted molar refractivity (Wildman–Crippen MR) is 125 cm³/mol. The molecule has 0 bridgehead atoms. The predicted octanol–water partition coefficient (Wildman–Crippen LogP) is 5.61. The summed E-state index contributed by atoms with van der Waals surface area (Å²) in [5.41, 5.74) is 3.06. The number of anilines is 2. The number of fused-ring (bicyclic) bond motifs is 1. The molecule has 2 heterocycles. The average molecular weight is 467 g/mol. The van der Waals surface area contributed by atoms with E-state index in [1.54, 1.807) is 23.3 Å². The summed E-state index contributed by atoms with van der Waals surface area (Å²) in [4.78, 5) is 34.3. The van der Waals surface area contributed by atoms with Crippen LogP contribution in [0.5, 0.6) is 0 Å². The van der Waals surface area contributed by atoms with Gasteiger partial charge in [-0.15, -0.1) is 0 Å². The molecule has 162 valence electrons. The van der Waals surface area contributed by atoms with E-state index >= 15 is 0 Å². The van der Waals surface area contributed by atoms with E-state index in [-0.39, 0.29) is 21.6 Å². The number of para-hydroxylation sites is 2. The fraction of sp³-hybridized carbons (Fsp3) is 0.200. The molecule has 3 atom stereocenters. The maximum atomic E-state index is 13.7. The molecule has 0 aromatic heterocycles. The maximum Gasteiger partial charge on any atom is 0.266 e. The number of nitrogens with zero attached hydrogens (tertiary/aromatic N) is 2. The molecular weight excluding hydrogens is 447 g/mol. The van der Waals surface area contributed by atoms with Crippen LogP contribution in [0.4, 0.5) is 11.4 Å². The molecule has 2 fully saturated rings. The minimum absolute atomic E-state index is 0.204. The first-order chi connectivity index (χ1) is 15.5. The number of imide groups is 1. The van der Waals surface area contributed by atoms with Crippen LogP contribution in [-0.2, 0) is 20.8 Å². The second-order valence-corrected chi connectivity index (χ2v) is 8.65. The van der Waals surface area contributed by atoms with Gasteiger partial charge < -0.3 is 0 Å². The highest BCUT2D eigenvalue weighted by atomic mass is 35.5. The second-order valence-electron chi connectivity index (χ2n) is 7.84. The van der Waals surface area contributed by atoms with Crippen LogP contribution in [0.2, 0.25) is 10.0 Å². The fourth-order valence-electron chi connectivity index (χ4n) is 4.43. The zero-order chi connectivity index (χ0) is 22.4. The van der Waals surface area contributed by atoms with E-state index < -0.39 is 24.0 Å². The Morgan fingerprint density at radius 1 is 0.844 bits per heavy atom. The molecule has 0 N–H and O–H groups in total. The zero-order valence-corrected chi connectivity index (χ0v) is 18.8. The van der Waals surface area contributed by atoms with Gasteiger partial charge in [0, 0.05) is 0 Å². The number of benzene rings is 3. The molecule has 2 aliphatic rings. The summed E-state index contributed by atoms with van der Waals surface area (Å²) in [6.45, 7) is 2.09. The Hall–Kier alpha value is -2.86. The molecule has 7 heteroatoms. The van der Waals surface area contributed by atoms with Gasteiger partial charge in [0.1, 0.15) is 5.92 Å². The number of carbonyl (C=O) groups is 2. The number of hydroxylamine groups is 1. The van der Waals surface area contributed by atoms with Crippen molar-refractivity contribution in [2.24, 2.45) is 5.92 Å². The number of amides is 2. The summed E-state index contributed by atoms with van der Waals surface area (Å²) in [5, 5.41) is 2.16. The molecule has 0 unspecified atom stereocenters. The van der Waals surface area contributed by atoms with Crippen molar-refractivity contribution >= 4 is 46.4 Å². The zero-order valence-electron chi connectivity index (χ0n) is 17.2. The van der Waals surface area contributed by atoms with E-state index in [1.807, 2.05) is 54.6 Å². The first-order valence-corrected chi connectivity index (χ1v) is 11.2. The van der Waals surface area contributed by atoms with Gasteiger partial charge >= 0.3 is 0 Å². The molecule has 0 spiro atoms. The van der Waals surface area contributed by atoms with Crippen molar-refractivity contribution in [2.45, 2.75) is 25.5 Å². The topological polar surface area (TPSA) is 49.9 Å². The normalized spacial score (nSPS) is 22.5. The lowest BCUT2D eigenvalue weighted by Crippen LogP contribution is -2.37. The minimum Gasteiger partial charge on any atom is -0.273 e. The van der Waals surface area contributed by atoms with Crippen LogP contribution in [0.3, 0.4) is 0 Å². The van der Waals surface area contributed by atoms with E-state index in [1.165, 1.54) is 5.56 Å². The standard InChI is InChI=1S/C25H20Cl2N2O3/c1-2-15-11-13-16(14-12-15)21-20-23(32-29(21)17-7-4-3-5-8-17)25(31)28(24(20)30)22-18(26)9-6-10-19(22)27/h3-14,20-21,23H,2H2,1H3/t20-,21-,23+/m1/s1. The van der Waals surface area contributed by atoms with Gasteiger partial charge in [0.05, 0.1) is 27.5 Å². The van der Waals surface area contributed by atoms with E-state index in [4.69, 9.17) is 28.0 Å². The number of halogens is 2. The highest BCUT2D eigenvalue weighted by Gasteiger charge is 2.60. The molecule has 2 amide bonds. The van der Waals surface area contributed by atoms with Gasteiger partial charge in [0.15, 0.2) is 6.10 Å². The van der Waals surface area contributed by atoms with Crippen LogP contribution >= 0.6 is 23.2 Å². The van der Waals surface area contributed by atoms with Crippen LogP contribution < -0.4 is 9.96 Å². The highest BCUT2D eigenvalue weighted by molar-refractivity contribution is 6.42. The van der Waals surface area contributed by atoms with Gasteiger partial charge in [-0.25, -0.2) is 9.96 Å². The largest absolute Gasteiger partial charge is 0.273 e. The van der Waals surface area contributed by atoms with E-state index in [0.717, 1.165) is 22.6 Å². The summed E-state index contributed by atoms with van der Waals surface area (Å²) in [6.07, 6.45) is -0.0579. The smallest absolute Gasteiger partial charge is 0.266 e. The Balaban J connectivity index is 1.60. The van der Waals surface area contributed by atoms with Crippen LogP contribution in [0.25, 0.3) is 0 Å². The number of carbonyl (C=O) groups excluding carboxylic acids is 2. The van der Waals surface area contributed by atoms with Crippen molar-refractivity contribution in [1.29, 1.82) is 0 Å². The SMILES string of the molecule is CCc1ccc([C@@H]2[C@H]3C(=O)N(c4c(Cl)cccc4Cl)C(=O)[C@H]3ON2c2ccccc2)cc1. The summed E-state index contributed by atoms with van der Waals surface area (Å²) in [6, 6.07) is 22.0. The van der Waals surface area contributed by atoms with Crippen LogP contribution in [-0.4, -0.2) is 17.9 Å². The van der Waals surface area contributed by atoms with E-state index in [0.29, 0.717) is 0 Å². The van der Waals surface area contributed by atoms with Crippen LogP contribution in [0, 0.1) is 5.92 Å². The third-order valence-corrected chi connectivity index (χ3v) is 6.63. The Labute approximate surface area is 196 Å². The van der Waals surface area contributed by atoms with Crippen molar-refractivity contribution in [2.75, 3.05) is 9.96 Å². The number of rotatable bonds is 4. The third-order valence-electron chi connectivity index (χ3n) is 6.02. The van der Waals surface area contributed by atoms with Crippen molar-refractivity contribution < 1.29 is 14.4 Å². The second kappa shape index (κ2) is 8.24. The number of aryl methyl sites for hydroxylation is 1. The highest BCUT2D eigenvalue weighted by Crippen LogP contribution is 2.49. The lowest BCUT2D eigenvalue weighted by Gasteiger charge is -2.29. The van der Waals surface area contributed by atoms with Gasteiger partial charge in [-0.3, -0.25) is 14.4 Å². The van der Waals surface area contributed by atoms with Crippen molar-refractivity contribution in [1.82, 2.24) is 0 Å². The molecule has 0 saturated carbocycles. The Kier molecular flexibility index (Phi) is 5.41. The van der Waals surface area contributed by atoms with Crippen LogP contribution in [0.1, 0.15) is 24.1 Å². The maximum absolute atomic E-state index is 13.7. The fourth-order valence-corrected chi connectivity index (χ4v) is 4.99. The van der Waals surface area contributed by atoms with E-state index in [9.17, 15) is 9.59 Å². The molecule has 5 rings (SSSR count). The van der Waals surface area contributed by atoms with Gasteiger partial charge in [0.25, 0.3) is 5.91 Å². The first-order valence-electron chi connectivity index (χ1n) is 10.4. The quantitative estimate of drug-likeness (QED) is 0.469. The summed E-state index contributed by atoms with van der Waals surface area (Å²) < 4.78 is 0. The Bertz CT molecular complexity index is 1160. The molecule has 2 saturated heterocycles. The van der Waals surface area contributed by atoms with Gasteiger partial charge in [0.2, 0.25) is 5.91 Å². The lowest BCUT2D eigenvalue weighted by atomic mass is 9.90. The van der Waals surface area contributed by atoms with Gasteiger partial charge in [-0.1, -0.05) is 78.7 Å². The molecule has 3 aromatic rings. The van der Waals surface area contributed by atoms with Crippen LogP contribution in [0.15, 0.2) is 72.8 Å². The number of hydrogen-bond donors (Lipinski definition) is 0. The molecule has 0 radical (unpaired) electrons. The number of hydrogen-bond acceptors (Lipinski definition) is 4. The molecule has 32 heavy (non-hydrogen) atoms. The summed E-state index contributed by atoms with van der Waals surface area (Å²) in [5.74, 6) is -1.58. The Morgan fingerprint density at radius 2 is 1.50 bits per heavy atom.